The maximum absolute atomic E-state index is 12.4. The fraction of sp³-hybridized carbons (Fsp3) is 0.286. The predicted octanol–water partition coefficient (Wildman–Crippen LogP) is 3.85. The molecule has 0 radical (unpaired) electrons. The second-order valence-electron chi connectivity index (χ2n) is 8.82. The van der Waals surface area contributed by atoms with Crippen molar-refractivity contribution in [2.45, 2.75) is 6.54 Å². The largest absolute Gasteiger partial charge is 0.495 e. The van der Waals surface area contributed by atoms with Crippen molar-refractivity contribution in [3.8, 4) is 5.75 Å². The summed E-state index contributed by atoms with van der Waals surface area (Å²) in [6.07, 6.45) is 1.65. The molecule has 0 saturated carbocycles. The lowest BCUT2D eigenvalue weighted by molar-refractivity contribution is 0.0955. The number of rotatable bonds is 8. The molecule has 1 aliphatic rings. The van der Waals surface area contributed by atoms with Crippen LogP contribution >= 0.6 is 0 Å². The van der Waals surface area contributed by atoms with Gasteiger partial charge in [-0.1, -0.05) is 36.4 Å². The van der Waals surface area contributed by atoms with Crippen molar-refractivity contribution in [3.05, 3.63) is 89.5 Å². The highest BCUT2D eigenvalue weighted by molar-refractivity contribution is 5.94. The third-order valence-electron chi connectivity index (χ3n) is 6.21. The van der Waals surface area contributed by atoms with E-state index in [-0.39, 0.29) is 5.91 Å². The second kappa shape index (κ2) is 11.5. The van der Waals surface area contributed by atoms with E-state index in [4.69, 9.17) is 4.74 Å². The van der Waals surface area contributed by atoms with Crippen molar-refractivity contribution in [2.75, 3.05) is 57.2 Å². The molecule has 182 valence electrons. The van der Waals surface area contributed by atoms with Gasteiger partial charge in [0.2, 0.25) is 0 Å². The average Bonchev–Trinajstić information content (AvgIpc) is 2.90. The zero-order chi connectivity index (χ0) is 24.6. The SMILES string of the molecule is COc1ccccc1N1CCN(Cc2ccc(C(=O)N/N=C\c3ccc(N(C)C)cc3)cc2)CC1. The highest BCUT2D eigenvalue weighted by Crippen LogP contribution is 2.28. The van der Waals surface area contributed by atoms with E-state index >= 15 is 0 Å². The summed E-state index contributed by atoms with van der Waals surface area (Å²) in [5.41, 5.74) is 7.59. The monoisotopic (exact) mass is 471 g/mol. The molecule has 0 aromatic heterocycles. The minimum Gasteiger partial charge on any atom is -0.495 e. The van der Waals surface area contributed by atoms with Crippen molar-refractivity contribution >= 4 is 23.5 Å². The number of carbonyl (C=O) groups excluding carboxylic acids is 1. The summed E-state index contributed by atoms with van der Waals surface area (Å²) >= 11 is 0. The summed E-state index contributed by atoms with van der Waals surface area (Å²) in [4.78, 5) is 19.3. The van der Waals surface area contributed by atoms with Crippen molar-refractivity contribution in [1.82, 2.24) is 10.3 Å². The minimum atomic E-state index is -0.219. The molecular weight excluding hydrogens is 438 g/mol. The number of hydrazone groups is 1. The first-order valence-electron chi connectivity index (χ1n) is 11.8. The van der Waals surface area contributed by atoms with Gasteiger partial charge >= 0.3 is 0 Å². The number of ether oxygens (including phenoxy) is 1. The Labute approximate surface area is 207 Å². The molecule has 1 fully saturated rings. The zero-order valence-corrected chi connectivity index (χ0v) is 20.6. The Hall–Kier alpha value is -3.84. The van der Waals surface area contributed by atoms with Gasteiger partial charge in [0.05, 0.1) is 19.0 Å². The van der Waals surface area contributed by atoms with E-state index in [1.54, 1.807) is 13.3 Å². The Kier molecular flexibility index (Phi) is 8.00. The summed E-state index contributed by atoms with van der Waals surface area (Å²) in [6, 6.07) is 23.9. The molecule has 7 heteroatoms. The van der Waals surface area contributed by atoms with Crippen molar-refractivity contribution in [2.24, 2.45) is 5.10 Å². The van der Waals surface area contributed by atoms with Crippen LogP contribution in [-0.2, 0) is 6.54 Å². The van der Waals surface area contributed by atoms with Crippen LogP contribution in [0.15, 0.2) is 77.9 Å². The van der Waals surface area contributed by atoms with Crippen LogP contribution in [0.25, 0.3) is 0 Å². The Morgan fingerprint density at radius 1 is 0.971 bits per heavy atom. The molecule has 3 aromatic carbocycles. The summed E-state index contributed by atoms with van der Waals surface area (Å²) in [6.45, 7) is 4.73. The molecule has 0 atom stereocenters. The fourth-order valence-electron chi connectivity index (χ4n) is 4.15. The van der Waals surface area contributed by atoms with Crippen LogP contribution < -0.4 is 20.0 Å². The van der Waals surface area contributed by atoms with Crippen LogP contribution in [0.2, 0.25) is 0 Å². The number of amides is 1. The number of carbonyl (C=O) groups is 1. The van der Waals surface area contributed by atoms with Gasteiger partial charge in [-0.2, -0.15) is 5.10 Å². The highest BCUT2D eigenvalue weighted by atomic mass is 16.5. The van der Waals surface area contributed by atoms with E-state index in [1.165, 1.54) is 5.56 Å². The van der Waals surface area contributed by atoms with Gasteiger partial charge in [0, 0.05) is 58.1 Å². The van der Waals surface area contributed by atoms with E-state index < -0.39 is 0 Å². The average molecular weight is 472 g/mol. The Morgan fingerprint density at radius 2 is 1.66 bits per heavy atom. The maximum Gasteiger partial charge on any atom is 0.271 e. The van der Waals surface area contributed by atoms with E-state index in [1.807, 2.05) is 79.7 Å². The molecule has 1 amide bonds. The lowest BCUT2D eigenvalue weighted by Gasteiger charge is -2.36. The molecule has 7 nitrogen and oxygen atoms in total. The first kappa shape index (κ1) is 24.3. The van der Waals surface area contributed by atoms with Gasteiger partial charge in [0.25, 0.3) is 5.91 Å². The number of benzene rings is 3. The van der Waals surface area contributed by atoms with Crippen LogP contribution in [0.5, 0.6) is 5.75 Å². The molecule has 0 bridgehead atoms. The number of hydrogen-bond acceptors (Lipinski definition) is 6. The summed E-state index contributed by atoms with van der Waals surface area (Å²) < 4.78 is 5.51. The smallest absolute Gasteiger partial charge is 0.271 e. The quantitative estimate of drug-likeness (QED) is 0.400. The molecule has 4 rings (SSSR count). The van der Waals surface area contributed by atoms with E-state index in [2.05, 4.69) is 32.5 Å². The first-order chi connectivity index (χ1) is 17.0. The predicted molar refractivity (Wildman–Crippen MR) is 143 cm³/mol. The number of piperazine rings is 1. The fourth-order valence-corrected chi connectivity index (χ4v) is 4.15. The minimum absolute atomic E-state index is 0.219. The number of nitrogens with one attached hydrogen (secondary N) is 1. The van der Waals surface area contributed by atoms with Gasteiger partial charge in [0.1, 0.15) is 5.75 Å². The Balaban J connectivity index is 1.25. The maximum atomic E-state index is 12.4. The number of anilines is 2. The summed E-state index contributed by atoms with van der Waals surface area (Å²) in [5, 5.41) is 4.09. The van der Waals surface area contributed by atoms with Gasteiger partial charge in [-0.15, -0.1) is 0 Å². The van der Waals surface area contributed by atoms with Gasteiger partial charge in [-0.05, 0) is 47.5 Å². The third kappa shape index (κ3) is 6.39. The Bertz CT molecular complexity index is 1130. The van der Waals surface area contributed by atoms with Crippen LogP contribution in [0.4, 0.5) is 11.4 Å². The lowest BCUT2D eigenvalue weighted by Crippen LogP contribution is -2.46. The van der Waals surface area contributed by atoms with Crippen LogP contribution in [0.1, 0.15) is 21.5 Å². The molecule has 0 aliphatic carbocycles. The summed E-state index contributed by atoms with van der Waals surface area (Å²) in [5.74, 6) is 0.699. The summed E-state index contributed by atoms with van der Waals surface area (Å²) in [7, 11) is 5.71. The molecule has 3 aromatic rings. The van der Waals surface area contributed by atoms with Gasteiger partial charge in [0.15, 0.2) is 0 Å². The van der Waals surface area contributed by atoms with E-state index in [0.29, 0.717) is 5.56 Å². The molecule has 1 N–H and O–H groups in total. The molecule has 0 spiro atoms. The van der Waals surface area contributed by atoms with Crippen LogP contribution in [-0.4, -0.2) is 64.4 Å². The zero-order valence-electron chi connectivity index (χ0n) is 20.6. The second-order valence-corrected chi connectivity index (χ2v) is 8.82. The molecule has 0 unspecified atom stereocenters. The molecule has 35 heavy (non-hydrogen) atoms. The topological polar surface area (TPSA) is 60.4 Å². The molecule has 1 aliphatic heterocycles. The van der Waals surface area contributed by atoms with Crippen molar-refractivity contribution < 1.29 is 9.53 Å². The number of hydrogen-bond donors (Lipinski definition) is 1. The third-order valence-corrected chi connectivity index (χ3v) is 6.21. The molecule has 1 saturated heterocycles. The highest BCUT2D eigenvalue weighted by Gasteiger charge is 2.19. The van der Waals surface area contributed by atoms with E-state index in [0.717, 1.165) is 55.4 Å². The van der Waals surface area contributed by atoms with Crippen LogP contribution in [0, 0.1) is 0 Å². The number of methoxy groups -OCH3 is 1. The van der Waals surface area contributed by atoms with Crippen molar-refractivity contribution in [1.29, 1.82) is 0 Å². The van der Waals surface area contributed by atoms with E-state index in [9.17, 15) is 4.79 Å². The first-order valence-corrected chi connectivity index (χ1v) is 11.8. The normalized spacial score (nSPS) is 14.2. The number of para-hydroxylation sites is 2. The molecule has 1 heterocycles. The van der Waals surface area contributed by atoms with Gasteiger partial charge < -0.3 is 14.5 Å². The number of nitrogens with zero attached hydrogens (tertiary/aromatic N) is 4. The van der Waals surface area contributed by atoms with Crippen LogP contribution in [0.3, 0.4) is 0 Å². The van der Waals surface area contributed by atoms with Gasteiger partial charge in [-0.25, -0.2) is 5.43 Å². The standard InChI is InChI=1S/C28H33N5O2/c1-31(2)25-14-10-22(11-15-25)20-29-30-28(34)24-12-8-23(9-13-24)21-32-16-18-33(19-17-32)26-6-4-5-7-27(26)35-3/h4-15,20H,16-19,21H2,1-3H3,(H,30,34)/b29-20-. The van der Waals surface area contributed by atoms with Gasteiger partial charge in [-0.3, -0.25) is 9.69 Å². The Morgan fingerprint density at radius 3 is 2.31 bits per heavy atom. The molecular formula is C28H33N5O2. The van der Waals surface area contributed by atoms with Crippen molar-refractivity contribution in [3.63, 3.8) is 0 Å². The lowest BCUT2D eigenvalue weighted by atomic mass is 10.1.